The van der Waals surface area contributed by atoms with Crippen LogP contribution < -0.4 is 5.56 Å². The molecule has 0 aliphatic carbocycles. The van der Waals surface area contributed by atoms with Crippen LogP contribution in [0.4, 0.5) is 4.39 Å². The maximum Gasteiger partial charge on any atom is 0.273 e. The number of hydrogen-bond donors (Lipinski definition) is 1. The van der Waals surface area contributed by atoms with Gasteiger partial charge in [0.2, 0.25) is 5.91 Å². The highest BCUT2D eigenvalue weighted by atomic mass is 19.1. The highest BCUT2D eigenvalue weighted by Crippen LogP contribution is 2.13. The van der Waals surface area contributed by atoms with Crippen molar-refractivity contribution < 1.29 is 13.9 Å². The molecule has 0 saturated carbocycles. The zero-order valence-electron chi connectivity index (χ0n) is 13.0. The van der Waals surface area contributed by atoms with E-state index in [0.29, 0.717) is 31.9 Å². The van der Waals surface area contributed by atoms with Gasteiger partial charge in [-0.15, -0.1) is 10.2 Å². The number of halogens is 1. The minimum Gasteiger partial charge on any atom is -0.378 e. The predicted octanol–water partition coefficient (Wildman–Crippen LogP) is 0.762. The summed E-state index contributed by atoms with van der Waals surface area (Å²) in [6.07, 6.45) is 0.402. The molecule has 3 rings (SSSR count). The van der Waals surface area contributed by atoms with Crippen LogP contribution in [0.3, 0.4) is 0 Å². The predicted molar refractivity (Wildman–Crippen MR) is 83.8 cm³/mol. The number of aromatic nitrogens is 3. The molecule has 8 heteroatoms. The summed E-state index contributed by atoms with van der Waals surface area (Å²) >= 11 is 0. The Kier molecular flexibility index (Phi) is 4.95. The van der Waals surface area contributed by atoms with Crippen molar-refractivity contribution in [1.82, 2.24) is 20.1 Å². The van der Waals surface area contributed by atoms with E-state index in [1.807, 2.05) is 0 Å². The summed E-state index contributed by atoms with van der Waals surface area (Å²) in [5.41, 5.74) is 0.214. The van der Waals surface area contributed by atoms with Gasteiger partial charge in [0.1, 0.15) is 11.5 Å². The largest absolute Gasteiger partial charge is 0.378 e. The lowest BCUT2D eigenvalue weighted by molar-refractivity contribution is -0.135. The zero-order chi connectivity index (χ0) is 16.9. The number of aromatic amines is 1. The Labute approximate surface area is 137 Å². The van der Waals surface area contributed by atoms with Gasteiger partial charge in [-0.2, -0.15) is 0 Å². The summed E-state index contributed by atoms with van der Waals surface area (Å²) in [7, 11) is 0. The van der Waals surface area contributed by atoms with Crippen molar-refractivity contribution in [2.24, 2.45) is 0 Å². The first-order chi connectivity index (χ1) is 11.6. The third-order valence-electron chi connectivity index (χ3n) is 3.80. The van der Waals surface area contributed by atoms with E-state index in [2.05, 4.69) is 15.2 Å². The van der Waals surface area contributed by atoms with Crippen molar-refractivity contribution >= 4 is 5.91 Å². The highest BCUT2D eigenvalue weighted by molar-refractivity contribution is 5.76. The number of nitrogens with zero attached hydrogens (tertiary/aromatic N) is 3. The van der Waals surface area contributed by atoms with Crippen LogP contribution in [0.1, 0.15) is 12.1 Å². The van der Waals surface area contributed by atoms with Crippen molar-refractivity contribution in [2.75, 3.05) is 26.3 Å². The van der Waals surface area contributed by atoms with Crippen molar-refractivity contribution in [3.05, 3.63) is 46.1 Å². The maximum absolute atomic E-state index is 13.2. The summed E-state index contributed by atoms with van der Waals surface area (Å²) in [5.74, 6) is -0.258. The summed E-state index contributed by atoms with van der Waals surface area (Å²) in [6.45, 7) is 2.21. The second kappa shape index (κ2) is 7.31. The minimum atomic E-state index is -0.421. The first-order valence-corrected chi connectivity index (χ1v) is 7.71. The molecule has 1 saturated heterocycles. The molecule has 1 aliphatic heterocycles. The Hall–Kier alpha value is -2.61. The van der Waals surface area contributed by atoms with Gasteiger partial charge in [0.15, 0.2) is 5.82 Å². The highest BCUT2D eigenvalue weighted by Gasteiger charge is 2.17. The normalized spacial score (nSPS) is 14.6. The average Bonchev–Trinajstić information content (AvgIpc) is 2.61. The number of benzene rings is 1. The van der Waals surface area contributed by atoms with Crippen LogP contribution in [0.5, 0.6) is 0 Å². The second-order valence-electron chi connectivity index (χ2n) is 5.45. The van der Waals surface area contributed by atoms with Gasteiger partial charge in [-0.3, -0.25) is 9.59 Å². The third-order valence-corrected chi connectivity index (χ3v) is 3.80. The third kappa shape index (κ3) is 3.83. The molecule has 24 heavy (non-hydrogen) atoms. The SMILES string of the molecule is O=C(CCc1nnc(-c2cccc(F)c2)[nH]c1=O)N1CCOCC1. The molecule has 1 fully saturated rings. The van der Waals surface area contributed by atoms with E-state index in [-0.39, 0.29) is 30.3 Å². The standard InChI is InChI=1S/C16H17FN4O3/c17-12-3-1-2-11(10-12)15-18-16(23)13(19-20-15)4-5-14(22)21-6-8-24-9-7-21/h1-3,10H,4-9H2,(H,18,20,23). The fourth-order valence-corrected chi connectivity index (χ4v) is 2.49. The molecule has 0 spiro atoms. The molecule has 126 valence electrons. The van der Waals surface area contributed by atoms with Crippen LogP contribution in [0, 0.1) is 5.82 Å². The van der Waals surface area contributed by atoms with Gasteiger partial charge in [-0.25, -0.2) is 4.39 Å². The summed E-state index contributed by atoms with van der Waals surface area (Å²) in [5, 5.41) is 7.81. The first-order valence-electron chi connectivity index (χ1n) is 7.71. The van der Waals surface area contributed by atoms with Crippen LogP contribution in [-0.4, -0.2) is 52.3 Å². The number of rotatable bonds is 4. The molecular weight excluding hydrogens is 315 g/mol. The smallest absolute Gasteiger partial charge is 0.273 e. The first kappa shape index (κ1) is 16.3. The van der Waals surface area contributed by atoms with Crippen LogP contribution in [0.2, 0.25) is 0 Å². The van der Waals surface area contributed by atoms with Crippen molar-refractivity contribution in [3.8, 4) is 11.4 Å². The van der Waals surface area contributed by atoms with Gasteiger partial charge in [0.25, 0.3) is 5.56 Å². The van der Waals surface area contributed by atoms with E-state index >= 15 is 0 Å². The fraction of sp³-hybridized carbons (Fsp3) is 0.375. The van der Waals surface area contributed by atoms with Crippen LogP contribution in [0.15, 0.2) is 29.1 Å². The van der Waals surface area contributed by atoms with E-state index in [4.69, 9.17) is 4.74 Å². The number of nitrogens with one attached hydrogen (secondary N) is 1. The molecule has 1 aromatic carbocycles. The number of morpholine rings is 1. The van der Waals surface area contributed by atoms with Crippen LogP contribution >= 0.6 is 0 Å². The number of carbonyl (C=O) groups excluding carboxylic acids is 1. The lowest BCUT2D eigenvalue weighted by Gasteiger charge is -2.26. The molecule has 1 amide bonds. The Bertz CT molecular complexity index is 787. The Balaban J connectivity index is 1.67. The zero-order valence-corrected chi connectivity index (χ0v) is 13.0. The van der Waals surface area contributed by atoms with Gasteiger partial charge < -0.3 is 14.6 Å². The number of H-pyrrole nitrogens is 1. The summed E-state index contributed by atoms with van der Waals surface area (Å²) in [6, 6.07) is 5.73. The van der Waals surface area contributed by atoms with E-state index in [9.17, 15) is 14.0 Å². The fourth-order valence-electron chi connectivity index (χ4n) is 2.49. The van der Waals surface area contributed by atoms with Gasteiger partial charge in [0, 0.05) is 31.5 Å². The van der Waals surface area contributed by atoms with Crippen LogP contribution in [-0.2, 0) is 16.0 Å². The molecule has 0 atom stereocenters. The van der Waals surface area contributed by atoms with Gasteiger partial charge in [-0.05, 0) is 12.1 Å². The van der Waals surface area contributed by atoms with Gasteiger partial charge >= 0.3 is 0 Å². The summed E-state index contributed by atoms with van der Waals surface area (Å²) in [4.78, 5) is 28.5. The Morgan fingerprint density at radius 1 is 1.29 bits per heavy atom. The van der Waals surface area contributed by atoms with Crippen molar-refractivity contribution in [1.29, 1.82) is 0 Å². The number of ether oxygens (including phenoxy) is 1. The number of carbonyl (C=O) groups is 1. The van der Waals surface area contributed by atoms with E-state index in [0.717, 1.165) is 0 Å². The van der Waals surface area contributed by atoms with Crippen molar-refractivity contribution in [2.45, 2.75) is 12.8 Å². The molecule has 2 heterocycles. The summed E-state index contributed by atoms with van der Waals surface area (Å²) < 4.78 is 18.4. The van der Waals surface area contributed by atoms with Gasteiger partial charge in [-0.1, -0.05) is 12.1 Å². The Morgan fingerprint density at radius 2 is 2.08 bits per heavy atom. The molecule has 0 radical (unpaired) electrons. The second-order valence-corrected chi connectivity index (χ2v) is 5.45. The number of hydrogen-bond acceptors (Lipinski definition) is 5. The average molecular weight is 332 g/mol. The lowest BCUT2D eigenvalue weighted by Crippen LogP contribution is -2.41. The molecule has 1 aromatic heterocycles. The minimum absolute atomic E-state index is 0.0336. The lowest BCUT2D eigenvalue weighted by atomic mass is 10.2. The number of amides is 1. The topological polar surface area (TPSA) is 88.2 Å². The molecule has 7 nitrogen and oxygen atoms in total. The molecular formula is C16H17FN4O3. The molecule has 1 aliphatic rings. The quantitative estimate of drug-likeness (QED) is 0.893. The monoisotopic (exact) mass is 332 g/mol. The maximum atomic E-state index is 13.2. The van der Waals surface area contributed by atoms with E-state index in [1.54, 1.807) is 11.0 Å². The molecule has 0 bridgehead atoms. The molecule has 2 aromatic rings. The molecule has 1 N–H and O–H groups in total. The van der Waals surface area contributed by atoms with E-state index in [1.165, 1.54) is 18.2 Å². The van der Waals surface area contributed by atoms with Crippen molar-refractivity contribution in [3.63, 3.8) is 0 Å². The van der Waals surface area contributed by atoms with E-state index < -0.39 is 11.4 Å². The molecule has 0 unspecified atom stereocenters. The number of aryl methyl sites for hydroxylation is 1. The van der Waals surface area contributed by atoms with Crippen LogP contribution in [0.25, 0.3) is 11.4 Å². The van der Waals surface area contributed by atoms with Gasteiger partial charge in [0.05, 0.1) is 13.2 Å². The Morgan fingerprint density at radius 3 is 2.79 bits per heavy atom.